The molecule has 4 heteroatoms. The van der Waals surface area contributed by atoms with Gasteiger partial charge in [-0.05, 0) is 41.0 Å². The smallest absolute Gasteiger partial charge is 0.307 e. The van der Waals surface area contributed by atoms with Crippen molar-refractivity contribution >= 4 is 29.2 Å². The Balaban J connectivity index is 2.43. The summed E-state index contributed by atoms with van der Waals surface area (Å²) in [6.45, 7) is 0. The third-order valence-corrected chi connectivity index (χ3v) is 3.15. The minimum absolute atomic E-state index is 0.0900. The van der Waals surface area contributed by atoms with Gasteiger partial charge in [-0.1, -0.05) is 41.4 Å². The Morgan fingerprint density at radius 3 is 2.44 bits per heavy atom. The van der Waals surface area contributed by atoms with E-state index in [1.165, 1.54) is 0 Å². The summed E-state index contributed by atoms with van der Waals surface area (Å²) >= 11 is 11.9. The average molecular weight is 281 g/mol. The lowest BCUT2D eigenvalue weighted by molar-refractivity contribution is -0.136. The zero-order valence-corrected chi connectivity index (χ0v) is 10.9. The third-order valence-electron chi connectivity index (χ3n) is 2.55. The largest absolute Gasteiger partial charge is 0.481 e. The average Bonchev–Trinajstić information content (AvgIpc) is 2.31. The first-order chi connectivity index (χ1) is 8.56. The van der Waals surface area contributed by atoms with Crippen LogP contribution in [0.1, 0.15) is 5.56 Å². The first-order valence-electron chi connectivity index (χ1n) is 5.32. The molecule has 1 N–H and O–H groups in total. The molecule has 0 aliphatic rings. The van der Waals surface area contributed by atoms with Crippen LogP contribution in [0.2, 0.25) is 10.0 Å². The number of rotatable bonds is 3. The molecule has 0 amide bonds. The fraction of sp³-hybridized carbons (Fsp3) is 0.0714. The van der Waals surface area contributed by atoms with E-state index in [-0.39, 0.29) is 6.42 Å². The molecule has 0 aliphatic carbocycles. The summed E-state index contributed by atoms with van der Waals surface area (Å²) < 4.78 is 0. The fourth-order valence-corrected chi connectivity index (χ4v) is 2.10. The lowest BCUT2D eigenvalue weighted by Crippen LogP contribution is -2.00. The van der Waals surface area contributed by atoms with Crippen LogP contribution in [0.3, 0.4) is 0 Å². The molecule has 0 saturated carbocycles. The second-order valence-corrected chi connectivity index (χ2v) is 4.73. The van der Waals surface area contributed by atoms with E-state index < -0.39 is 5.97 Å². The van der Waals surface area contributed by atoms with Crippen molar-refractivity contribution in [3.05, 3.63) is 58.1 Å². The summed E-state index contributed by atoms with van der Waals surface area (Å²) in [5.41, 5.74) is 2.44. The van der Waals surface area contributed by atoms with Gasteiger partial charge in [0.2, 0.25) is 0 Å². The van der Waals surface area contributed by atoms with E-state index >= 15 is 0 Å². The Labute approximate surface area is 115 Å². The highest BCUT2D eigenvalue weighted by Gasteiger charge is 2.08. The van der Waals surface area contributed by atoms with Gasteiger partial charge in [0, 0.05) is 10.0 Å². The number of carboxylic acids is 1. The SMILES string of the molecule is O=C(O)Cc1cc(-c2cccc(Cl)c2)ccc1Cl. The molecule has 0 aromatic heterocycles. The van der Waals surface area contributed by atoms with Crippen LogP contribution in [0.4, 0.5) is 0 Å². The van der Waals surface area contributed by atoms with E-state index in [0.29, 0.717) is 15.6 Å². The van der Waals surface area contributed by atoms with Crippen molar-refractivity contribution in [2.24, 2.45) is 0 Å². The molecule has 0 fully saturated rings. The molecule has 0 aliphatic heterocycles. The molecule has 2 aromatic carbocycles. The standard InChI is InChI=1S/C14H10Cl2O2/c15-12-3-1-2-9(7-12)10-4-5-13(16)11(6-10)8-14(17)18/h1-7H,8H2,(H,17,18). The summed E-state index contributed by atoms with van der Waals surface area (Å²) in [7, 11) is 0. The van der Waals surface area contributed by atoms with Gasteiger partial charge in [0.05, 0.1) is 6.42 Å². The monoisotopic (exact) mass is 280 g/mol. The molecular weight excluding hydrogens is 271 g/mol. The summed E-state index contributed by atoms with van der Waals surface area (Å²) in [6, 6.07) is 12.7. The normalized spacial score (nSPS) is 10.3. The van der Waals surface area contributed by atoms with Crippen molar-refractivity contribution in [3.63, 3.8) is 0 Å². The van der Waals surface area contributed by atoms with E-state index in [1.807, 2.05) is 24.3 Å². The Morgan fingerprint density at radius 2 is 1.78 bits per heavy atom. The predicted molar refractivity (Wildman–Crippen MR) is 73.2 cm³/mol. The highest BCUT2D eigenvalue weighted by Crippen LogP contribution is 2.27. The van der Waals surface area contributed by atoms with Gasteiger partial charge in [-0.3, -0.25) is 4.79 Å². The quantitative estimate of drug-likeness (QED) is 0.911. The molecule has 0 atom stereocenters. The highest BCUT2D eigenvalue weighted by molar-refractivity contribution is 6.31. The zero-order valence-electron chi connectivity index (χ0n) is 9.36. The maximum Gasteiger partial charge on any atom is 0.307 e. The van der Waals surface area contributed by atoms with Crippen LogP contribution < -0.4 is 0 Å². The lowest BCUT2D eigenvalue weighted by atomic mass is 10.0. The Hall–Kier alpha value is -1.51. The molecule has 0 saturated heterocycles. The molecule has 0 radical (unpaired) electrons. The molecule has 2 rings (SSSR count). The maximum atomic E-state index is 10.7. The highest BCUT2D eigenvalue weighted by atomic mass is 35.5. The second kappa shape index (κ2) is 5.42. The summed E-state index contributed by atoms with van der Waals surface area (Å²) in [4.78, 5) is 10.7. The minimum atomic E-state index is -0.903. The van der Waals surface area contributed by atoms with E-state index in [4.69, 9.17) is 28.3 Å². The van der Waals surface area contributed by atoms with E-state index in [1.54, 1.807) is 18.2 Å². The molecule has 0 spiro atoms. The molecule has 18 heavy (non-hydrogen) atoms. The van der Waals surface area contributed by atoms with Crippen LogP contribution in [-0.4, -0.2) is 11.1 Å². The molecule has 0 unspecified atom stereocenters. The number of hydrogen-bond donors (Lipinski definition) is 1. The van der Waals surface area contributed by atoms with Crippen LogP contribution >= 0.6 is 23.2 Å². The lowest BCUT2D eigenvalue weighted by Gasteiger charge is -2.06. The van der Waals surface area contributed by atoms with E-state index in [0.717, 1.165) is 11.1 Å². The topological polar surface area (TPSA) is 37.3 Å². The molecule has 2 nitrogen and oxygen atoms in total. The van der Waals surface area contributed by atoms with E-state index in [2.05, 4.69) is 0 Å². The van der Waals surface area contributed by atoms with Gasteiger partial charge in [-0.25, -0.2) is 0 Å². The zero-order chi connectivity index (χ0) is 13.1. The predicted octanol–water partition coefficient (Wildman–Crippen LogP) is 4.29. The van der Waals surface area contributed by atoms with Crippen LogP contribution in [0.15, 0.2) is 42.5 Å². The maximum absolute atomic E-state index is 10.7. The van der Waals surface area contributed by atoms with Gasteiger partial charge < -0.3 is 5.11 Å². The molecule has 2 aromatic rings. The number of benzene rings is 2. The second-order valence-electron chi connectivity index (χ2n) is 3.89. The number of carboxylic acid groups (broad SMARTS) is 1. The molecule has 0 heterocycles. The third kappa shape index (κ3) is 3.03. The van der Waals surface area contributed by atoms with Gasteiger partial charge in [0.1, 0.15) is 0 Å². The summed E-state index contributed by atoms with van der Waals surface area (Å²) in [6.07, 6.45) is -0.0900. The van der Waals surface area contributed by atoms with E-state index in [9.17, 15) is 4.79 Å². The van der Waals surface area contributed by atoms with Gasteiger partial charge >= 0.3 is 5.97 Å². The first kappa shape index (κ1) is 12.9. The number of hydrogen-bond acceptors (Lipinski definition) is 1. The van der Waals surface area contributed by atoms with Crippen LogP contribution in [0.25, 0.3) is 11.1 Å². The number of halogens is 2. The van der Waals surface area contributed by atoms with Crippen molar-refractivity contribution in [1.82, 2.24) is 0 Å². The van der Waals surface area contributed by atoms with Crippen LogP contribution in [0.5, 0.6) is 0 Å². The van der Waals surface area contributed by atoms with Gasteiger partial charge in [0.15, 0.2) is 0 Å². The molecule has 0 bridgehead atoms. The van der Waals surface area contributed by atoms with Gasteiger partial charge in [0.25, 0.3) is 0 Å². The minimum Gasteiger partial charge on any atom is -0.481 e. The van der Waals surface area contributed by atoms with Crippen molar-refractivity contribution in [2.75, 3.05) is 0 Å². The molecule has 92 valence electrons. The molecular formula is C14H10Cl2O2. The Bertz CT molecular complexity index is 594. The number of aliphatic carboxylic acids is 1. The number of carbonyl (C=O) groups is 1. The van der Waals surface area contributed by atoms with Crippen molar-refractivity contribution < 1.29 is 9.90 Å². The summed E-state index contributed by atoms with van der Waals surface area (Å²) in [5.74, 6) is -0.903. The summed E-state index contributed by atoms with van der Waals surface area (Å²) in [5, 5.41) is 9.92. The van der Waals surface area contributed by atoms with Gasteiger partial charge in [-0.2, -0.15) is 0 Å². The van der Waals surface area contributed by atoms with Crippen molar-refractivity contribution in [2.45, 2.75) is 6.42 Å². The van der Waals surface area contributed by atoms with Crippen molar-refractivity contribution in [3.8, 4) is 11.1 Å². The Kier molecular flexibility index (Phi) is 3.90. The van der Waals surface area contributed by atoms with Crippen LogP contribution in [0, 0.1) is 0 Å². The van der Waals surface area contributed by atoms with Crippen LogP contribution in [-0.2, 0) is 11.2 Å². The van der Waals surface area contributed by atoms with Gasteiger partial charge in [-0.15, -0.1) is 0 Å². The fourth-order valence-electron chi connectivity index (χ4n) is 1.72. The Morgan fingerprint density at radius 1 is 1.06 bits per heavy atom. The van der Waals surface area contributed by atoms with Crippen molar-refractivity contribution in [1.29, 1.82) is 0 Å². The first-order valence-corrected chi connectivity index (χ1v) is 6.08.